The van der Waals surface area contributed by atoms with Gasteiger partial charge in [0, 0.05) is 45.3 Å². The van der Waals surface area contributed by atoms with Gasteiger partial charge in [-0.3, -0.25) is 4.90 Å². The molecule has 0 atom stereocenters. The molecule has 0 fully saturated rings. The lowest BCUT2D eigenvalue weighted by molar-refractivity contribution is 0.201. The van der Waals surface area contributed by atoms with Crippen LogP contribution < -0.4 is 5.32 Å². The first-order valence-corrected chi connectivity index (χ1v) is 7.73. The van der Waals surface area contributed by atoms with Gasteiger partial charge in [-0.15, -0.1) is 0 Å². The zero-order valence-corrected chi connectivity index (χ0v) is 13.2. The third-order valence-electron chi connectivity index (χ3n) is 3.90. The second-order valence-corrected chi connectivity index (χ2v) is 5.21. The number of hydrogen-bond donors (Lipinski definition) is 1. The average Bonchev–Trinajstić information content (AvgIpc) is 2.54. The predicted molar refractivity (Wildman–Crippen MR) is 85.9 cm³/mol. The van der Waals surface area contributed by atoms with E-state index in [-0.39, 0.29) is 6.03 Å². The van der Waals surface area contributed by atoms with Crippen LogP contribution in [0.3, 0.4) is 0 Å². The molecule has 21 heavy (non-hydrogen) atoms. The molecule has 3 rings (SSSR count). The molecule has 2 heterocycles. The molecule has 0 saturated heterocycles. The lowest BCUT2D eigenvalue weighted by Gasteiger charge is -2.37. The topological polar surface area (TPSA) is 35.6 Å². The van der Waals surface area contributed by atoms with Crippen LogP contribution in [0.2, 0.25) is 0 Å². The third kappa shape index (κ3) is 3.64. The van der Waals surface area contributed by atoms with Crippen LogP contribution in [0.4, 0.5) is 4.79 Å². The minimum Gasteiger partial charge on any atom is -0.334 e. The first kappa shape index (κ1) is 15.6. The summed E-state index contributed by atoms with van der Waals surface area (Å²) in [6, 6.07) is 10.6. The first-order valence-electron chi connectivity index (χ1n) is 7.73. The number of carbonyl (C=O) groups is 1. The summed E-state index contributed by atoms with van der Waals surface area (Å²) in [5.41, 5.74) is 3.91. The molecule has 1 aromatic rings. The van der Waals surface area contributed by atoms with Crippen molar-refractivity contribution in [2.75, 3.05) is 26.7 Å². The number of nitrogens with zero attached hydrogens (tertiary/aromatic N) is 2. The van der Waals surface area contributed by atoms with E-state index in [9.17, 15) is 4.79 Å². The first-order chi connectivity index (χ1) is 10.2. The zero-order valence-electron chi connectivity index (χ0n) is 13.2. The van der Waals surface area contributed by atoms with E-state index in [1.165, 1.54) is 16.8 Å². The summed E-state index contributed by atoms with van der Waals surface area (Å²) in [5, 5.41) is 2.92. The Balaban J connectivity index is 0.000000774. The van der Waals surface area contributed by atoms with Crippen LogP contribution >= 0.6 is 0 Å². The monoisotopic (exact) mass is 287 g/mol. The predicted octanol–water partition coefficient (Wildman–Crippen LogP) is 2.83. The van der Waals surface area contributed by atoms with Gasteiger partial charge in [0.15, 0.2) is 0 Å². The van der Waals surface area contributed by atoms with Crippen molar-refractivity contribution in [3.8, 4) is 0 Å². The van der Waals surface area contributed by atoms with Gasteiger partial charge in [-0.25, -0.2) is 4.79 Å². The molecule has 0 aromatic heterocycles. The molecule has 0 bridgehead atoms. The number of carbonyl (C=O) groups excluding carboxylic acids is 1. The summed E-state index contributed by atoms with van der Waals surface area (Å²) in [7, 11) is 1.86. The van der Waals surface area contributed by atoms with Crippen molar-refractivity contribution in [1.29, 1.82) is 0 Å². The quantitative estimate of drug-likeness (QED) is 0.908. The lowest BCUT2D eigenvalue weighted by Crippen LogP contribution is -2.48. The summed E-state index contributed by atoms with van der Waals surface area (Å²) in [4.78, 5) is 15.8. The van der Waals surface area contributed by atoms with E-state index in [0.717, 1.165) is 26.1 Å². The number of amides is 2. The molecule has 0 spiro atoms. The summed E-state index contributed by atoms with van der Waals surface area (Å²) < 4.78 is 0. The Morgan fingerprint density at radius 2 is 1.90 bits per heavy atom. The SMILES string of the molecule is CC.CN1C(=O)NCC2=C1CCN(Cc1ccccc1)C2. The average molecular weight is 287 g/mol. The van der Waals surface area contributed by atoms with E-state index in [1.54, 1.807) is 4.90 Å². The van der Waals surface area contributed by atoms with Gasteiger partial charge in [0.2, 0.25) is 0 Å². The number of benzene rings is 1. The molecule has 0 saturated carbocycles. The fourth-order valence-electron chi connectivity index (χ4n) is 2.84. The molecular weight excluding hydrogens is 262 g/mol. The molecule has 2 aliphatic rings. The van der Waals surface area contributed by atoms with Gasteiger partial charge in [-0.1, -0.05) is 44.2 Å². The molecule has 2 aliphatic heterocycles. The maximum atomic E-state index is 11.6. The van der Waals surface area contributed by atoms with Crippen LogP contribution in [-0.4, -0.2) is 42.5 Å². The Morgan fingerprint density at radius 3 is 2.62 bits per heavy atom. The van der Waals surface area contributed by atoms with Crippen molar-refractivity contribution >= 4 is 6.03 Å². The van der Waals surface area contributed by atoms with Crippen LogP contribution in [0.5, 0.6) is 0 Å². The molecule has 114 valence electrons. The highest BCUT2D eigenvalue weighted by Gasteiger charge is 2.27. The van der Waals surface area contributed by atoms with E-state index in [1.807, 2.05) is 27.0 Å². The summed E-state index contributed by atoms with van der Waals surface area (Å²) in [6.45, 7) is 7.65. The minimum atomic E-state index is 0.0234. The van der Waals surface area contributed by atoms with Crippen molar-refractivity contribution in [2.45, 2.75) is 26.8 Å². The fraction of sp³-hybridized carbons (Fsp3) is 0.471. The molecule has 4 heteroatoms. The van der Waals surface area contributed by atoms with E-state index in [4.69, 9.17) is 0 Å². The minimum absolute atomic E-state index is 0.0234. The zero-order chi connectivity index (χ0) is 15.2. The van der Waals surface area contributed by atoms with Gasteiger partial charge in [-0.2, -0.15) is 0 Å². The highest BCUT2D eigenvalue weighted by Crippen LogP contribution is 2.24. The largest absolute Gasteiger partial charge is 0.334 e. The third-order valence-corrected chi connectivity index (χ3v) is 3.90. The van der Waals surface area contributed by atoms with Crippen molar-refractivity contribution in [2.24, 2.45) is 0 Å². The molecular formula is C17H25N3O. The number of urea groups is 1. The highest BCUT2D eigenvalue weighted by atomic mass is 16.2. The van der Waals surface area contributed by atoms with Crippen LogP contribution in [-0.2, 0) is 6.54 Å². The Morgan fingerprint density at radius 1 is 1.19 bits per heavy atom. The van der Waals surface area contributed by atoms with Gasteiger partial charge >= 0.3 is 6.03 Å². The maximum Gasteiger partial charge on any atom is 0.321 e. The van der Waals surface area contributed by atoms with Gasteiger partial charge in [0.1, 0.15) is 0 Å². The number of nitrogens with one attached hydrogen (secondary N) is 1. The Kier molecular flexibility index (Phi) is 5.39. The maximum absolute atomic E-state index is 11.6. The van der Waals surface area contributed by atoms with E-state index in [0.29, 0.717) is 6.54 Å². The smallest absolute Gasteiger partial charge is 0.321 e. The normalized spacial score (nSPS) is 18.6. The molecule has 0 radical (unpaired) electrons. The van der Waals surface area contributed by atoms with Gasteiger partial charge in [0.25, 0.3) is 0 Å². The molecule has 4 nitrogen and oxygen atoms in total. The Bertz CT molecular complexity index is 510. The van der Waals surface area contributed by atoms with E-state index in [2.05, 4.69) is 34.5 Å². The second kappa shape index (κ2) is 7.27. The fourth-order valence-corrected chi connectivity index (χ4v) is 2.84. The highest BCUT2D eigenvalue weighted by molar-refractivity contribution is 5.78. The molecule has 2 amide bonds. The molecule has 0 unspecified atom stereocenters. The van der Waals surface area contributed by atoms with Crippen LogP contribution in [0.25, 0.3) is 0 Å². The lowest BCUT2D eigenvalue weighted by atomic mass is 10.0. The molecule has 1 aromatic carbocycles. The van der Waals surface area contributed by atoms with Crippen molar-refractivity contribution < 1.29 is 4.79 Å². The van der Waals surface area contributed by atoms with E-state index < -0.39 is 0 Å². The summed E-state index contributed by atoms with van der Waals surface area (Å²) >= 11 is 0. The van der Waals surface area contributed by atoms with Crippen molar-refractivity contribution in [1.82, 2.24) is 15.1 Å². The van der Waals surface area contributed by atoms with Crippen molar-refractivity contribution in [3.63, 3.8) is 0 Å². The number of hydrogen-bond acceptors (Lipinski definition) is 2. The van der Waals surface area contributed by atoms with Gasteiger partial charge in [-0.05, 0) is 11.1 Å². The molecule has 1 N–H and O–H groups in total. The van der Waals surface area contributed by atoms with Crippen LogP contribution in [0.1, 0.15) is 25.8 Å². The summed E-state index contributed by atoms with van der Waals surface area (Å²) in [6.07, 6.45) is 0.964. The second-order valence-electron chi connectivity index (χ2n) is 5.21. The molecule has 0 aliphatic carbocycles. The Hall–Kier alpha value is -1.81. The summed E-state index contributed by atoms with van der Waals surface area (Å²) in [5.74, 6) is 0. The van der Waals surface area contributed by atoms with Gasteiger partial charge < -0.3 is 10.2 Å². The van der Waals surface area contributed by atoms with Gasteiger partial charge in [0.05, 0.1) is 0 Å². The standard InChI is InChI=1S/C15H19N3O.C2H6/c1-17-14-7-8-18(10-12-5-3-2-4-6-12)11-13(14)9-16-15(17)19;1-2/h2-6H,7-11H2,1H3,(H,16,19);1-2H3. The Labute approximate surface area is 127 Å². The number of rotatable bonds is 2. The van der Waals surface area contributed by atoms with E-state index >= 15 is 0 Å². The van der Waals surface area contributed by atoms with Crippen LogP contribution in [0, 0.1) is 0 Å². The van der Waals surface area contributed by atoms with Crippen molar-refractivity contribution in [3.05, 3.63) is 47.2 Å². The van der Waals surface area contributed by atoms with Crippen LogP contribution in [0.15, 0.2) is 41.6 Å².